The first-order chi connectivity index (χ1) is 13.9. The first-order valence-corrected chi connectivity index (χ1v) is 8.76. The molecule has 0 saturated carbocycles. The molecule has 0 aliphatic rings. The Bertz CT molecular complexity index is 1210. The zero-order valence-electron chi connectivity index (χ0n) is 15.6. The summed E-state index contributed by atoms with van der Waals surface area (Å²) >= 11 is 0. The minimum Gasteiger partial charge on any atom is -0.449 e. The molecule has 0 radical (unpaired) electrons. The molecule has 2 heterocycles. The molecule has 0 bridgehead atoms. The highest BCUT2D eigenvalue weighted by atomic mass is 19.1. The van der Waals surface area contributed by atoms with E-state index in [1.807, 2.05) is 0 Å². The summed E-state index contributed by atoms with van der Waals surface area (Å²) in [6.45, 7) is 3.28. The van der Waals surface area contributed by atoms with Crippen LogP contribution in [0.15, 0.2) is 57.5 Å². The van der Waals surface area contributed by atoms with Crippen molar-refractivity contribution in [1.82, 2.24) is 5.16 Å². The van der Waals surface area contributed by atoms with Crippen LogP contribution in [0.2, 0.25) is 0 Å². The Morgan fingerprint density at radius 3 is 2.38 bits per heavy atom. The summed E-state index contributed by atoms with van der Waals surface area (Å²) in [6.07, 6.45) is 0. The molecule has 2 amide bonds. The van der Waals surface area contributed by atoms with Crippen molar-refractivity contribution in [3.8, 4) is 0 Å². The summed E-state index contributed by atoms with van der Waals surface area (Å²) in [6, 6.07) is 12.3. The first kappa shape index (κ1) is 18.4. The summed E-state index contributed by atoms with van der Waals surface area (Å²) in [4.78, 5) is 25.6. The number of furan rings is 1. The SMILES string of the molecule is Cc1noc(C)c1C(=O)Nc1c(C(=O)Nc2ccc(F)cc2)oc2ccccc12. The molecule has 0 aliphatic carbocycles. The number of benzene rings is 2. The average Bonchev–Trinajstić information content (AvgIpc) is 3.23. The lowest BCUT2D eigenvalue weighted by molar-refractivity contribution is 0.0999. The molecule has 2 aromatic heterocycles. The highest BCUT2D eigenvalue weighted by Crippen LogP contribution is 2.32. The quantitative estimate of drug-likeness (QED) is 0.525. The molecule has 0 spiro atoms. The van der Waals surface area contributed by atoms with Gasteiger partial charge in [0.1, 0.15) is 28.4 Å². The molecule has 2 N–H and O–H groups in total. The molecule has 7 nitrogen and oxygen atoms in total. The third-order valence-electron chi connectivity index (χ3n) is 4.40. The average molecular weight is 393 g/mol. The van der Waals surface area contributed by atoms with Gasteiger partial charge in [0, 0.05) is 11.1 Å². The minimum atomic E-state index is -0.582. The van der Waals surface area contributed by atoms with Crippen molar-refractivity contribution in [1.29, 1.82) is 0 Å². The second kappa shape index (κ2) is 7.23. The number of para-hydroxylation sites is 1. The van der Waals surface area contributed by atoms with Gasteiger partial charge in [-0.15, -0.1) is 0 Å². The van der Waals surface area contributed by atoms with Gasteiger partial charge in [0.2, 0.25) is 5.76 Å². The fourth-order valence-corrected chi connectivity index (χ4v) is 3.03. The fourth-order valence-electron chi connectivity index (χ4n) is 3.03. The van der Waals surface area contributed by atoms with E-state index in [2.05, 4.69) is 15.8 Å². The zero-order valence-corrected chi connectivity index (χ0v) is 15.6. The summed E-state index contributed by atoms with van der Waals surface area (Å²) in [5, 5.41) is 9.72. The van der Waals surface area contributed by atoms with E-state index in [4.69, 9.17) is 8.94 Å². The predicted molar refractivity (Wildman–Crippen MR) is 104 cm³/mol. The second-order valence-corrected chi connectivity index (χ2v) is 6.42. The maximum atomic E-state index is 13.1. The van der Waals surface area contributed by atoms with Crippen LogP contribution in [0.3, 0.4) is 0 Å². The number of carbonyl (C=O) groups is 2. The molecular weight excluding hydrogens is 377 g/mol. The lowest BCUT2D eigenvalue weighted by Crippen LogP contribution is -2.18. The number of carbonyl (C=O) groups excluding carboxylic acids is 2. The van der Waals surface area contributed by atoms with E-state index in [9.17, 15) is 14.0 Å². The summed E-state index contributed by atoms with van der Waals surface area (Å²) in [7, 11) is 0. The van der Waals surface area contributed by atoms with Crippen LogP contribution in [0.25, 0.3) is 11.0 Å². The molecule has 0 fully saturated rings. The number of anilines is 2. The summed E-state index contributed by atoms with van der Waals surface area (Å²) in [5.74, 6) is -1.18. The van der Waals surface area contributed by atoms with Gasteiger partial charge in [-0.05, 0) is 50.2 Å². The number of aryl methyl sites for hydroxylation is 2. The molecule has 0 saturated heterocycles. The number of rotatable bonds is 4. The molecule has 0 aliphatic heterocycles. The van der Waals surface area contributed by atoms with Gasteiger partial charge >= 0.3 is 0 Å². The Morgan fingerprint density at radius 2 is 1.69 bits per heavy atom. The Kier molecular flexibility index (Phi) is 4.59. The number of amides is 2. The number of nitrogens with one attached hydrogen (secondary N) is 2. The highest BCUT2D eigenvalue weighted by Gasteiger charge is 2.25. The molecule has 2 aromatic carbocycles. The van der Waals surface area contributed by atoms with Crippen LogP contribution in [0, 0.1) is 19.7 Å². The largest absolute Gasteiger partial charge is 0.449 e. The van der Waals surface area contributed by atoms with Gasteiger partial charge in [0.05, 0.1) is 5.69 Å². The number of aromatic nitrogens is 1. The third kappa shape index (κ3) is 3.47. The van der Waals surface area contributed by atoms with Crippen LogP contribution in [0.4, 0.5) is 15.8 Å². The Labute approximate surface area is 164 Å². The Morgan fingerprint density at radius 1 is 0.966 bits per heavy atom. The fraction of sp³-hybridized carbons (Fsp3) is 0.0952. The van der Waals surface area contributed by atoms with Gasteiger partial charge in [-0.25, -0.2) is 4.39 Å². The van der Waals surface area contributed by atoms with Crippen LogP contribution in [-0.4, -0.2) is 17.0 Å². The van der Waals surface area contributed by atoms with E-state index in [1.165, 1.54) is 24.3 Å². The van der Waals surface area contributed by atoms with Crippen molar-refractivity contribution in [2.75, 3.05) is 10.6 Å². The van der Waals surface area contributed by atoms with Gasteiger partial charge in [-0.1, -0.05) is 17.3 Å². The van der Waals surface area contributed by atoms with Crippen molar-refractivity contribution in [3.05, 3.63) is 77.1 Å². The van der Waals surface area contributed by atoms with Gasteiger partial charge in [0.15, 0.2) is 0 Å². The van der Waals surface area contributed by atoms with E-state index in [0.29, 0.717) is 33.7 Å². The maximum Gasteiger partial charge on any atom is 0.293 e. The number of halogens is 1. The molecule has 0 atom stereocenters. The van der Waals surface area contributed by atoms with Crippen molar-refractivity contribution in [3.63, 3.8) is 0 Å². The molecular formula is C21H16FN3O4. The Balaban J connectivity index is 1.71. The smallest absolute Gasteiger partial charge is 0.293 e. The van der Waals surface area contributed by atoms with Gasteiger partial charge < -0.3 is 19.6 Å². The van der Waals surface area contributed by atoms with E-state index in [0.717, 1.165) is 0 Å². The van der Waals surface area contributed by atoms with E-state index >= 15 is 0 Å². The van der Waals surface area contributed by atoms with E-state index in [1.54, 1.807) is 38.1 Å². The number of nitrogens with zero attached hydrogens (tertiary/aromatic N) is 1. The topological polar surface area (TPSA) is 97.4 Å². The van der Waals surface area contributed by atoms with E-state index < -0.39 is 17.6 Å². The van der Waals surface area contributed by atoms with Crippen LogP contribution in [0.1, 0.15) is 32.4 Å². The molecule has 8 heteroatoms. The van der Waals surface area contributed by atoms with Crippen molar-refractivity contribution < 1.29 is 22.9 Å². The summed E-state index contributed by atoms with van der Waals surface area (Å²) < 4.78 is 23.8. The van der Waals surface area contributed by atoms with Crippen molar-refractivity contribution in [2.45, 2.75) is 13.8 Å². The molecule has 29 heavy (non-hydrogen) atoms. The normalized spacial score (nSPS) is 10.9. The molecule has 4 aromatic rings. The standard InChI is InChI=1S/C21H16FN3O4/c1-11-17(12(2)29-25-11)20(26)24-18-15-5-3-4-6-16(15)28-19(18)21(27)23-14-9-7-13(22)8-10-14/h3-10H,1-2H3,(H,23,27)(H,24,26). The van der Waals surface area contributed by atoms with Crippen LogP contribution in [0.5, 0.6) is 0 Å². The maximum absolute atomic E-state index is 13.1. The van der Waals surface area contributed by atoms with Crippen molar-refractivity contribution >= 4 is 34.2 Å². The summed E-state index contributed by atoms with van der Waals surface area (Å²) in [5.41, 5.74) is 1.78. The predicted octanol–water partition coefficient (Wildman–Crippen LogP) is 4.68. The van der Waals surface area contributed by atoms with Gasteiger partial charge in [-0.3, -0.25) is 9.59 Å². The van der Waals surface area contributed by atoms with E-state index in [-0.39, 0.29) is 11.4 Å². The lowest BCUT2D eigenvalue weighted by Gasteiger charge is -2.07. The second-order valence-electron chi connectivity index (χ2n) is 6.42. The lowest BCUT2D eigenvalue weighted by atomic mass is 10.1. The third-order valence-corrected chi connectivity index (χ3v) is 4.40. The van der Waals surface area contributed by atoms with Gasteiger partial charge in [-0.2, -0.15) is 0 Å². The van der Waals surface area contributed by atoms with Crippen LogP contribution >= 0.6 is 0 Å². The minimum absolute atomic E-state index is 0.0735. The molecule has 0 unspecified atom stereocenters. The van der Waals surface area contributed by atoms with Crippen LogP contribution in [-0.2, 0) is 0 Å². The first-order valence-electron chi connectivity index (χ1n) is 8.76. The molecule has 146 valence electrons. The van der Waals surface area contributed by atoms with Crippen molar-refractivity contribution in [2.24, 2.45) is 0 Å². The zero-order chi connectivity index (χ0) is 20.5. The number of hydrogen-bond acceptors (Lipinski definition) is 5. The Hall–Kier alpha value is -3.94. The van der Waals surface area contributed by atoms with Gasteiger partial charge in [0.25, 0.3) is 11.8 Å². The molecule has 4 rings (SSSR count). The van der Waals surface area contributed by atoms with Crippen LogP contribution < -0.4 is 10.6 Å². The number of hydrogen-bond donors (Lipinski definition) is 2. The number of fused-ring (bicyclic) bond motifs is 1. The highest BCUT2D eigenvalue weighted by molar-refractivity contribution is 6.17. The monoisotopic (exact) mass is 393 g/mol.